The van der Waals surface area contributed by atoms with Gasteiger partial charge in [-0.3, -0.25) is 4.79 Å². The van der Waals surface area contributed by atoms with Crippen LogP contribution in [0.1, 0.15) is 47.6 Å². The monoisotopic (exact) mass is 336 g/mol. The van der Waals surface area contributed by atoms with E-state index in [1.54, 1.807) is 30.3 Å². The van der Waals surface area contributed by atoms with Gasteiger partial charge in [0.25, 0.3) is 5.91 Å². The molecule has 0 radical (unpaired) electrons. The van der Waals surface area contributed by atoms with Crippen molar-refractivity contribution in [2.75, 3.05) is 0 Å². The van der Waals surface area contributed by atoms with E-state index in [2.05, 4.69) is 11.4 Å². The molecule has 1 amide bonds. The lowest BCUT2D eigenvalue weighted by Crippen LogP contribution is -2.37. The van der Waals surface area contributed by atoms with E-state index >= 15 is 0 Å². The summed E-state index contributed by atoms with van der Waals surface area (Å²) >= 11 is 0. The molecule has 1 N–H and O–H groups in total. The zero-order valence-electron chi connectivity index (χ0n) is 13.9. The van der Waals surface area contributed by atoms with E-state index in [1.807, 2.05) is 6.07 Å². The summed E-state index contributed by atoms with van der Waals surface area (Å²) in [5.74, 6) is 2.54. The number of rotatable bonds is 7. The number of hydrogen-bond donors (Lipinski definition) is 1. The molecule has 0 aliphatic heterocycles. The Hall–Kier alpha value is -2.74. The summed E-state index contributed by atoms with van der Waals surface area (Å²) < 4.78 is 11.3. The Morgan fingerprint density at radius 3 is 2.60 bits per heavy atom. The zero-order valence-corrected chi connectivity index (χ0v) is 13.9. The summed E-state index contributed by atoms with van der Waals surface area (Å²) in [5.41, 5.74) is 0.476. The third-order valence-corrected chi connectivity index (χ3v) is 4.82. The Morgan fingerprint density at radius 1 is 1.20 bits per heavy atom. The highest BCUT2D eigenvalue weighted by Crippen LogP contribution is 2.44. The SMILES string of the molecule is N#Cc1ccccc1OCc1ccc(C(=O)NC(C2CC2)C2CC2)o1. The average molecular weight is 336 g/mol. The van der Waals surface area contributed by atoms with Crippen LogP contribution in [0.5, 0.6) is 5.75 Å². The van der Waals surface area contributed by atoms with E-state index in [9.17, 15) is 4.79 Å². The number of nitriles is 1. The molecule has 0 atom stereocenters. The van der Waals surface area contributed by atoms with Crippen LogP contribution in [0.2, 0.25) is 0 Å². The molecule has 4 rings (SSSR count). The number of hydrogen-bond acceptors (Lipinski definition) is 4. The minimum atomic E-state index is -0.146. The second-order valence-corrected chi connectivity index (χ2v) is 6.84. The molecule has 0 spiro atoms. The molecule has 2 aliphatic carbocycles. The predicted octanol–water partition coefficient (Wildman–Crippen LogP) is 3.65. The summed E-state index contributed by atoms with van der Waals surface area (Å²) in [6.45, 7) is 0.181. The van der Waals surface area contributed by atoms with Crippen LogP contribution in [0, 0.1) is 23.2 Å². The summed E-state index contributed by atoms with van der Waals surface area (Å²) in [4.78, 5) is 12.4. The second-order valence-electron chi connectivity index (χ2n) is 6.84. The molecule has 25 heavy (non-hydrogen) atoms. The molecule has 5 heteroatoms. The minimum Gasteiger partial charge on any atom is -0.484 e. The van der Waals surface area contributed by atoms with Crippen molar-refractivity contribution < 1.29 is 13.9 Å². The molecule has 2 fully saturated rings. The van der Waals surface area contributed by atoms with Gasteiger partial charge in [0.15, 0.2) is 5.76 Å². The first kappa shape index (κ1) is 15.8. The first-order chi connectivity index (χ1) is 12.2. The van der Waals surface area contributed by atoms with Crippen LogP contribution in [0.15, 0.2) is 40.8 Å². The molecule has 0 unspecified atom stereocenters. The van der Waals surface area contributed by atoms with Gasteiger partial charge in [-0.2, -0.15) is 5.26 Å². The fourth-order valence-electron chi connectivity index (χ4n) is 3.17. The Kier molecular flexibility index (Phi) is 4.19. The maximum atomic E-state index is 12.4. The Balaban J connectivity index is 1.36. The van der Waals surface area contributed by atoms with Crippen molar-refractivity contribution in [3.8, 4) is 11.8 Å². The summed E-state index contributed by atoms with van der Waals surface area (Å²) in [5, 5.41) is 12.2. The third-order valence-electron chi connectivity index (χ3n) is 4.82. The van der Waals surface area contributed by atoms with E-state index in [0.717, 1.165) is 0 Å². The lowest BCUT2D eigenvalue weighted by Gasteiger charge is -2.16. The van der Waals surface area contributed by atoms with Crippen LogP contribution < -0.4 is 10.1 Å². The third kappa shape index (κ3) is 3.69. The number of ether oxygens (including phenoxy) is 1. The van der Waals surface area contributed by atoms with Crippen molar-refractivity contribution >= 4 is 5.91 Å². The molecular weight excluding hydrogens is 316 g/mol. The van der Waals surface area contributed by atoms with Gasteiger partial charge in [-0.15, -0.1) is 0 Å². The molecule has 1 aromatic heterocycles. The van der Waals surface area contributed by atoms with Crippen molar-refractivity contribution in [3.63, 3.8) is 0 Å². The molecule has 2 saturated carbocycles. The fourth-order valence-corrected chi connectivity index (χ4v) is 3.17. The molecule has 5 nitrogen and oxygen atoms in total. The predicted molar refractivity (Wildman–Crippen MR) is 90.9 cm³/mol. The molecule has 2 aromatic rings. The highest BCUT2D eigenvalue weighted by Gasteiger charge is 2.42. The van der Waals surface area contributed by atoms with E-state index in [0.29, 0.717) is 40.7 Å². The molecule has 0 saturated heterocycles. The van der Waals surface area contributed by atoms with Gasteiger partial charge in [-0.05, 0) is 61.8 Å². The molecule has 0 bridgehead atoms. The van der Waals surface area contributed by atoms with Crippen LogP contribution in [-0.4, -0.2) is 11.9 Å². The van der Waals surface area contributed by atoms with Crippen LogP contribution in [0.4, 0.5) is 0 Å². The highest BCUT2D eigenvalue weighted by atomic mass is 16.5. The quantitative estimate of drug-likeness (QED) is 0.837. The van der Waals surface area contributed by atoms with Gasteiger partial charge < -0.3 is 14.5 Å². The van der Waals surface area contributed by atoms with Crippen LogP contribution in [-0.2, 0) is 6.61 Å². The minimum absolute atomic E-state index is 0.146. The van der Waals surface area contributed by atoms with Crippen LogP contribution >= 0.6 is 0 Å². The van der Waals surface area contributed by atoms with E-state index in [-0.39, 0.29) is 12.5 Å². The summed E-state index contributed by atoms with van der Waals surface area (Å²) in [6.07, 6.45) is 4.88. The lowest BCUT2D eigenvalue weighted by molar-refractivity contribution is 0.0894. The smallest absolute Gasteiger partial charge is 0.287 e. The average Bonchev–Trinajstić information content (AvgIpc) is 3.56. The van der Waals surface area contributed by atoms with Crippen molar-refractivity contribution in [1.82, 2.24) is 5.32 Å². The number of para-hydroxylation sites is 1. The molecule has 128 valence electrons. The van der Waals surface area contributed by atoms with Crippen LogP contribution in [0.25, 0.3) is 0 Å². The first-order valence-electron chi connectivity index (χ1n) is 8.76. The molecule has 1 aromatic carbocycles. The van der Waals surface area contributed by atoms with Gasteiger partial charge in [-0.25, -0.2) is 0 Å². The molecule has 1 heterocycles. The van der Waals surface area contributed by atoms with E-state index < -0.39 is 0 Å². The van der Waals surface area contributed by atoms with Gasteiger partial charge in [0, 0.05) is 6.04 Å². The van der Waals surface area contributed by atoms with Gasteiger partial charge in [0.1, 0.15) is 24.2 Å². The van der Waals surface area contributed by atoms with Gasteiger partial charge in [0.05, 0.1) is 5.56 Å². The van der Waals surface area contributed by atoms with Crippen LogP contribution in [0.3, 0.4) is 0 Å². The van der Waals surface area contributed by atoms with E-state index in [1.165, 1.54) is 25.7 Å². The van der Waals surface area contributed by atoms with Gasteiger partial charge in [0.2, 0.25) is 0 Å². The Labute approximate surface area is 146 Å². The lowest BCUT2D eigenvalue weighted by atomic mass is 10.1. The van der Waals surface area contributed by atoms with Gasteiger partial charge in [-0.1, -0.05) is 12.1 Å². The number of benzene rings is 1. The van der Waals surface area contributed by atoms with Crippen molar-refractivity contribution in [2.45, 2.75) is 38.3 Å². The second kappa shape index (κ2) is 6.64. The molecule has 2 aliphatic rings. The van der Waals surface area contributed by atoms with E-state index in [4.69, 9.17) is 14.4 Å². The zero-order chi connectivity index (χ0) is 17.2. The van der Waals surface area contributed by atoms with Gasteiger partial charge >= 0.3 is 0 Å². The number of carbonyl (C=O) groups is 1. The standard InChI is InChI=1S/C20H20N2O3/c21-11-15-3-1-2-4-17(15)24-12-16-9-10-18(25-16)20(23)22-19(13-5-6-13)14-7-8-14/h1-4,9-10,13-14,19H,5-8,12H2,(H,22,23). The topological polar surface area (TPSA) is 75.3 Å². The maximum absolute atomic E-state index is 12.4. The Bertz CT molecular complexity index is 800. The summed E-state index contributed by atoms with van der Waals surface area (Å²) in [7, 11) is 0. The fraction of sp³-hybridized carbons (Fsp3) is 0.400. The number of nitrogens with one attached hydrogen (secondary N) is 1. The van der Waals surface area contributed by atoms with Crippen molar-refractivity contribution in [3.05, 3.63) is 53.5 Å². The summed E-state index contributed by atoms with van der Waals surface area (Å²) in [6, 6.07) is 12.9. The number of amides is 1. The Morgan fingerprint density at radius 2 is 1.92 bits per heavy atom. The van der Waals surface area contributed by atoms with Crippen molar-refractivity contribution in [1.29, 1.82) is 5.26 Å². The highest BCUT2D eigenvalue weighted by molar-refractivity contribution is 5.91. The largest absolute Gasteiger partial charge is 0.484 e. The first-order valence-corrected chi connectivity index (χ1v) is 8.76. The molecular formula is C20H20N2O3. The number of furan rings is 1. The number of carbonyl (C=O) groups excluding carboxylic acids is 1. The number of nitrogens with zero attached hydrogens (tertiary/aromatic N) is 1. The maximum Gasteiger partial charge on any atom is 0.287 e. The van der Waals surface area contributed by atoms with Crippen molar-refractivity contribution in [2.24, 2.45) is 11.8 Å². The normalized spacial score (nSPS) is 16.5.